The number of hydrogen-bond acceptors (Lipinski definition) is 4. The maximum atomic E-state index is 10.5. The molecule has 19 heavy (non-hydrogen) atoms. The highest BCUT2D eigenvalue weighted by Crippen LogP contribution is 2.35. The minimum Gasteiger partial charge on any atom is -0.550 e. The average Bonchev–Trinajstić information content (AvgIpc) is 2.43. The van der Waals surface area contributed by atoms with Crippen molar-refractivity contribution >= 4 is 5.97 Å². The molecule has 0 spiro atoms. The van der Waals surface area contributed by atoms with Gasteiger partial charge < -0.3 is 24.3 Å². The normalized spacial score (nSPS) is 38.7. The van der Waals surface area contributed by atoms with Crippen LogP contribution in [0, 0.1) is 11.8 Å². The van der Waals surface area contributed by atoms with E-state index in [1.165, 1.54) is 11.3 Å². The fourth-order valence-electron chi connectivity index (χ4n) is 3.75. The Bertz CT molecular complexity index is 310. The molecule has 2 rings (SSSR count). The Morgan fingerprint density at radius 2 is 1.84 bits per heavy atom. The van der Waals surface area contributed by atoms with Gasteiger partial charge in [0.15, 0.2) is 0 Å². The van der Waals surface area contributed by atoms with Gasteiger partial charge in [0.2, 0.25) is 0 Å². The summed E-state index contributed by atoms with van der Waals surface area (Å²) in [4.78, 5) is 11.9. The summed E-state index contributed by atoms with van der Waals surface area (Å²) in [5, 5.41) is 10.5. The van der Waals surface area contributed by atoms with Crippen LogP contribution < -0.4 is 10.0 Å². The summed E-state index contributed by atoms with van der Waals surface area (Å²) in [5.41, 5.74) is 0. The molecule has 0 aromatic rings. The van der Waals surface area contributed by atoms with Gasteiger partial charge in [0.05, 0.1) is 31.8 Å². The van der Waals surface area contributed by atoms with Crippen molar-refractivity contribution in [3.63, 3.8) is 0 Å². The van der Waals surface area contributed by atoms with Crippen LogP contribution in [-0.4, -0.2) is 52.0 Å². The largest absolute Gasteiger partial charge is 0.550 e. The van der Waals surface area contributed by atoms with E-state index in [0.717, 1.165) is 25.9 Å². The molecule has 0 amide bonds. The summed E-state index contributed by atoms with van der Waals surface area (Å²) >= 11 is 0. The number of piperidine rings is 1. The van der Waals surface area contributed by atoms with Crippen LogP contribution >= 0.6 is 0 Å². The van der Waals surface area contributed by atoms with E-state index in [-0.39, 0.29) is 18.6 Å². The Morgan fingerprint density at radius 3 is 2.42 bits per heavy atom. The molecule has 1 heterocycles. The number of fused-ring (bicyclic) bond motifs is 1. The van der Waals surface area contributed by atoms with Crippen molar-refractivity contribution < 1.29 is 24.3 Å². The van der Waals surface area contributed by atoms with E-state index in [0.29, 0.717) is 18.4 Å². The highest BCUT2D eigenvalue weighted by Gasteiger charge is 2.41. The van der Waals surface area contributed by atoms with Crippen molar-refractivity contribution in [2.24, 2.45) is 11.8 Å². The molecule has 0 radical (unpaired) electrons. The van der Waals surface area contributed by atoms with Gasteiger partial charge in [-0.15, -0.1) is 0 Å². The molecule has 0 bridgehead atoms. The van der Waals surface area contributed by atoms with Crippen LogP contribution in [0.25, 0.3) is 0 Å². The summed E-state index contributed by atoms with van der Waals surface area (Å²) in [6.45, 7) is 2.83. The topological polar surface area (TPSA) is 63.0 Å². The third-order valence-corrected chi connectivity index (χ3v) is 4.86. The van der Waals surface area contributed by atoms with Gasteiger partial charge >= 0.3 is 0 Å². The Balaban J connectivity index is 1.87. The van der Waals surface area contributed by atoms with Crippen molar-refractivity contribution in [2.45, 2.75) is 37.9 Å². The Morgan fingerprint density at radius 1 is 1.21 bits per heavy atom. The molecular formula is C14H25NO4. The molecule has 1 saturated carbocycles. The predicted octanol–water partition coefficient (Wildman–Crippen LogP) is -1.53. The minimum atomic E-state index is -0.938. The van der Waals surface area contributed by atoms with Crippen LogP contribution in [0.4, 0.5) is 0 Å². The van der Waals surface area contributed by atoms with Gasteiger partial charge in [-0.3, -0.25) is 0 Å². The van der Waals surface area contributed by atoms with Crippen LogP contribution in [0.3, 0.4) is 0 Å². The number of hydrogen-bond donors (Lipinski definition) is 1. The van der Waals surface area contributed by atoms with Crippen LogP contribution in [0.15, 0.2) is 0 Å². The molecule has 1 aliphatic heterocycles. The van der Waals surface area contributed by atoms with E-state index in [1.807, 2.05) is 0 Å². The summed E-state index contributed by atoms with van der Waals surface area (Å²) < 4.78 is 11.1. The van der Waals surface area contributed by atoms with Crippen molar-refractivity contribution in [1.29, 1.82) is 0 Å². The highest BCUT2D eigenvalue weighted by atomic mass is 16.5. The first-order valence-electron chi connectivity index (χ1n) is 7.23. The second-order valence-electron chi connectivity index (χ2n) is 5.90. The summed E-state index contributed by atoms with van der Waals surface area (Å²) in [6, 6.07) is 0. The minimum absolute atomic E-state index is 0.168. The number of carboxylic acids is 1. The maximum Gasteiger partial charge on any atom is 0.0837 e. The van der Waals surface area contributed by atoms with E-state index in [1.54, 1.807) is 14.2 Å². The quantitative estimate of drug-likeness (QED) is 0.659. The molecule has 1 saturated heterocycles. The standard InChI is InChI=1S/C14H25NO4/c1-18-12-7-10-3-5-15(6-4-14(16)17)9-11(10)8-13(12)19-2/h10-13H,3-9H2,1-2H3,(H,16,17). The SMILES string of the molecule is COC1CC2CC[NH+](CCC(=O)[O-])CC2CC1OC. The number of methoxy groups -OCH3 is 2. The zero-order valence-corrected chi connectivity index (χ0v) is 11.9. The summed E-state index contributed by atoms with van der Waals surface area (Å²) in [7, 11) is 3.51. The van der Waals surface area contributed by atoms with Gasteiger partial charge in [0, 0.05) is 32.5 Å². The average molecular weight is 271 g/mol. The molecule has 110 valence electrons. The number of aliphatic carboxylic acids is 1. The first-order valence-corrected chi connectivity index (χ1v) is 7.23. The van der Waals surface area contributed by atoms with Crippen LogP contribution in [0.2, 0.25) is 0 Å². The third kappa shape index (κ3) is 3.68. The Labute approximate surface area is 114 Å². The van der Waals surface area contributed by atoms with Crippen LogP contribution in [-0.2, 0) is 14.3 Å². The molecule has 5 atom stereocenters. The van der Waals surface area contributed by atoms with E-state index in [4.69, 9.17) is 9.47 Å². The Kier molecular flexibility index (Phi) is 5.19. The van der Waals surface area contributed by atoms with Crippen molar-refractivity contribution in [3.05, 3.63) is 0 Å². The first-order chi connectivity index (χ1) is 9.13. The number of carbonyl (C=O) groups excluding carboxylic acids is 1. The van der Waals surface area contributed by atoms with Gasteiger partial charge in [0.25, 0.3) is 0 Å². The molecule has 1 aliphatic carbocycles. The van der Waals surface area contributed by atoms with Crippen molar-refractivity contribution in [2.75, 3.05) is 33.9 Å². The van der Waals surface area contributed by atoms with Gasteiger partial charge in [-0.05, 0) is 25.2 Å². The van der Waals surface area contributed by atoms with Crippen molar-refractivity contribution in [3.8, 4) is 0 Å². The lowest BCUT2D eigenvalue weighted by Gasteiger charge is -2.44. The van der Waals surface area contributed by atoms with Gasteiger partial charge in [0.1, 0.15) is 0 Å². The molecule has 0 aromatic carbocycles. The number of likely N-dealkylation sites (tertiary alicyclic amines) is 1. The number of rotatable bonds is 5. The second-order valence-corrected chi connectivity index (χ2v) is 5.90. The van der Waals surface area contributed by atoms with Gasteiger partial charge in [-0.2, -0.15) is 0 Å². The monoisotopic (exact) mass is 271 g/mol. The molecule has 5 unspecified atom stereocenters. The second kappa shape index (κ2) is 6.68. The number of carbonyl (C=O) groups is 1. The predicted molar refractivity (Wildman–Crippen MR) is 67.6 cm³/mol. The molecule has 2 fully saturated rings. The highest BCUT2D eigenvalue weighted by molar-refractivity contribution is 5.64. The van der Waals surface area contributed by atoms with Gasteiger partial charge in [-0.25, -0.2) is 0 Å². The zero-order valence-electron chi connectivity index (χ0n) is 11.9. The lowest BCUT2D eigenvalue weighted by Crippen LogP contribution is -3.14. The summed E-state index contributed by atoms with van der Waals surface area (Å²) in [6.07, 6.45) is 3.86. The van der Waals surface area contributed by atoms with Crippen molar-refractivity contribution in [1.82, 2.24) is 0 Å². The zero-order chi connectivity index (χ0) is 13.8. The van der Waals surface area contributed by atoms with Crippen LogP contribution in [0.1, 0.15) is 25.7 Å². The molecule has 2 aliphatic rings. The number of nitrogens with one attached hydrogen (secondary N) is 1. The van der Waals surface area contributed by atoms with E-state index < -0.39 is 5.97 Å². The van der Waals surface area contributed by atoms with E-state index in [2.05, 4.69) is 0 Å². The number of quaternary nitrogens is 1. The fraction of sp³-hybridized carbons (Fsp3) is 0.929. The van der Waals surface area contributed by atoms with E-state index >= 15 is 0 Å². The first kappa shape index (κ1) is 14.8. The Hall–Kier alpha value is -0.650. The smallest absolute Gasteiger partial charge is 0.0837 e. The number of carboxylic acid groups (broad SMARTS) is 1. The van der Waals surface area contributed by atoms with Crippen LogP contribution in [0.5, 0.6) is 0 Å². The fourth-order valence-corrected chi connectivity index (χ4v) is 3.75. The summed E-state index contributed by atoms with van der Waals surface area (Å²) in [5.74, 6) is 0.414. The molecule has 1 N–H and O–H groups in total. The number of ether oxygens (including phenoxy) is 2. The lowest BCUT2D eigenvalue weighted by molar-refractivity contribution is -0.910. The molecule has 0 aromatic heterocycles. The lowest BCUT2D eigenvalue weighted by atomic mass is 9.72. The maximum absolute atomic E-state index is 10.5. The van der Waals surface area contributed by atoms with E-state index in [9.17, 15) is 9.90 Å². The van der Waals surface area contributed by atoms with Gasteiger partial charge in [-0.1, -0.05) is 0 Å². The third-order valence-electron chi connectivity index (χ3n) is 4.86. The molecule has 5 heteroatoms. The molecular weight excluding hydrogens is 246 g/mol. The molecule has 5 nitrogen and oxygen atoms in total.